The Bertz CT molecular complexity index is 966. The molecule has 0 radical (unpaired) electrons. The molecule has 0 aromatic heterocycles. The maximum atomic E-state index is 13.0. The van der Waals surface area contributed by atoms with E-state index in [1.54, 1.807) is 6.08 Å². The van der Waals surface area contributed by atoms with Crippen molar-refractivity contribution in [2.75, 3.05) is 13.2 Å². The van der Waals surface area contributed by atoms with Gasteiger partial charge in [0, 0.05) is 6.42 Å². The molecule has 0 aromatic rings. The second-order valence-electron chi connectivity index (χ2n) is 18.7. The molecule has 1 saturated heterocycles. The lowest BCUT2D eigenvalue weighted by molar-refractivity contribution is -0.302. The Morgan fingerprint density at radius 3 is 1.28 bits per heavy atom. The highest BCUT2D eigenvalue weighted by atomic mass is 16.7. The van der Waals surface area contributed by atoms with Gasteiger partial charge in [0.1, 0.15) is 24.4 Å². The van der Waals surface area contributed by atoms with Gasteiger partial charge in [0.05, 0.1) is 25.4 Å². The Labute approximate surface area is 376 Å². The van der Waals surface area contributed by atoms with Crippen LogP contribution in [0, 0.1) is 0 Å². The molecule has 61 heavy (non-hydrogen) atoms. The number of carbonyl (C=O) groups excluding carboxylic acids is 1. The SMILES string of the molecule is CCCCCCCCCCCCCCC/C=C/[C@@H](O)[C@H](CO[C@@H]1O[C@H](CO)[C@@H](O)C(O)C1O)NC(=O)CCCCCCCCCCCCCCCCCCCCCCCCC. The van der Waals surface area contributed by atoms with Crippen LogP contribution >= 0.6 is 0 Å². The van der Waals surface area contributed by atoms with Crippen molar-refractivity contribution < 1.29 is 39.8 Å². The van der Waals surface area contributed by atoms with E-state index in [4.69, 9.17) is 9.47 Å². The van der Waals surface area contributed by atoms with Crippen molar-refractivity contribution in [3.63, 3.8) is 0 Å². The lowest BCUT2D eigenvalue weighted by Crippen LogP contribution is -2.60. The van der Waals surface area contributed by atoms with E-state index in [0.717, 1.165) is 38.5 Å². The van der Waals surface area contributed by atoms with Crippen LogP contribution in [0.3, 0.4) is 0 Å². The fraction of sp³-hybridized carbons (Fsp3) is 0.942. The number of unbranched alkanes of at least 4 members (excludes halogenated alkanes) is 35. The van der Waals surface area contributed by atoms with Gasteiger partial charge in [0.2, 0.25) is 5.91 Å². The Morgan fingerprint density at radius 1 is 0.541 bits per heavy atom. The topological polar surface area (TPSA) is 149 Å². The summed E-state index contributed by atoms with van der Waals surface area (Å²) >= 11 is 0. The van der Waals surface area contributed by atoms with Crippen LogP contribution in [-0.4, -0.2) is 87.5 Å². The van der Waals surface area contributed by atoms with Crippen LogP contribution in [0.4, 0.5) is 0 Å². The van der Waals surface area contributed by atoms with Crippen LogP contribution in [0.25, 0.3) is 0 Å². The maximum Gasteiger partial charge on any atom is 0.220 e. The summed E-state index contributed by atoms with van der Waals surface area (Å²) in [4.78, 5) is 13.0. The van der Waals surface area contributed by atoms with Crippen molar-refractivity contribution in [1.29, 1.82) is 0 Å². The molecule has 0 aliphatic carbocycles. The zero-order valence-electron chi connectivity index (χ0n) is 39.9. The van der Waals surface area contributed by atoms with Crippen molar-refractivity contribution in [2.45, 2.75) is 301 Å². The molecule has 2 unspecified atom stereocenters. The molecule has 0 saturated carbocycles. The maximum absolute atomic E-state index is 13.0. The summed E-state index contributed by atoms with van der Waals surface area (Å²) in [5.41, 5.74) is 0. The summed E-state index contributed by atoms with van der Waals surface area (Å²) < 4.78 is 11.2. The summed E-state index contributed by atoms with van der Waals surface area (Å²) in [5.74, 6) is -0.171. The molecule has 1 heterocycles. The summed E-state index contributed by atoms with van der Waals surface area (Å²) in [5, 5.41) is 54.3. The molecule has 0 aromatic carbocycles. The predicted molar refractivity (Wildman–Crippen MR) is 254 cm³/mol. The van der Waals surface area contributed by atoms with Crippen molar-refractivity contribution in [2.24, 2.45) is 0 Å². The fourth-order valence-electron chi connectivity index (χ4n) is 8.63. The van der Waals surface area contributed by atoms with Gasteiger partial charge in [-0.1, -0.05) is 244 Å². The molecular weight excluding hydrogens is 767 g/mol. The van der Waals surface area contributed by atoms with Gasteiger partial charge in [-0.25, -0.2) is 0 Å². The lowest BCUT2D eigenvalue weighted by atomic mass is 9.99. The molecule has 1 fully saturated rings. The Balaban J connectivity index is 2.24. The van der Waals surface area contributed by atoms with E-state index in [9.17, 15) is 30.3 Å². The summed E-state index contributed by atoms with van der Waals surface area (Å²) in [6.45, 7) is 3.80. The molecule has 0 bridgehead atoms. The normalized spacial score (nSPS) is 20.4. The zero-order chi connectivity index (χ0) is 44.4. The lowest BCUT2D eigenvalue weighted by Gasteiger charge is -2.40. The molecule has 9 nitrogen and oxygen atoms in total. The number of aliphatic hydroxyl groups is 5. The monoisotopic (exact) mass is 868 g/mol. The highest BCUT2D eigenvalue weighted by Crippen LogP contribution is 2.23. The van der Waals surface area contributed by atoms with Gasteiger partial charge < -0.3 is 40.3 Å². The van der Waals surface area contributed by atoms with Gasteiger partial charge in [-0.15, -0.1) is 0 Å². The molecule has 362 valence electrons. The van der Waals surface area contributed by atoms with Crippen LogP contribution in [0.2, 0.25) is 0 Å². The number of hydrogen-bond donors (Lipinski definition) is 6. The third kappa shape index (κ3) is 33.1. The second kappa shape index (κ2) is 42.9. The first kappa shape index (κ1) is 57.9. The van der Waals surface area contributed by atoms with Crippen LogP contribution in [0.5, 0.6) is 0 Å². The van der Waals surface area contributed by atoms with Crippen LogP contribution in [-0.2, 0) is 14.3 Å². The predicted octanol–water partition coefficient (Wildman–Crippen LogP) is 12.1. The molecule has 1 aliphatic heterocycles. The number of carbonyl (C=O) groups is 1. The quantitative estimate of drug-likeness (QED) is 0.0262. The molecule has 1 aliphatic rings. The zero-order valence-corrected chi connectivity index (χ0v) is 39.9. The highest BCUT2D eigenvalue weighted by molar-refractivity contribution is 5.76. The number of hydrogen-bond acceptors (Lipinski definition) is 8. The third-order valence-corrected chi connectivity index (χ3v) is 12.9. The molecule has 6 N–H and O–H groups in total. The molecule has 1 amide bonds. The van der Waals surface area contributed by atoms with Gasteiger partial charge >= 0.3 is 0 Å². The minimum atomic E-state index is -1.56. The first-order valence-electron chi connectivity index (χ1n) is 26.4. The minimum Gasteiger partial charge on any atom is -0.394 e. The average molecular weight is 868 g/mol. The van der Waals surface area contributed by atoms with E-state index < -0.39 is 49.5 Å². The number of rotatable bonds is 45. The summed E-state index contributed by atoms with van der Waals surface area (Å²) in [6, 6.07) is -0.799. The molecule has 9 heteroatoms. The van der Waals surface area contributed by atoms with Gasteiger partial charge in [-0.3, -0.25) is 4.79 Å². The van der Waals surface area contributed by atoms with Crippen LogP contribution in [0.1, 0.15) is 258 Å². The van der Waals surface area contributed by atoms with Crippen molar-refractivity contribution in [3.05, 3.63) is 12.2 Å². The second-order valence-corrected chi connectivity index (χ2v) is 18.7. The number of nitrogens with one attached hydrogen (secondary N) is 1. The molecule has 1 rings (SSSR count). The molecule has 7 atom stereocenters. The fourth-order valence-corrected chi connectivity index (χ4v) is 8.63. The van der Waals surface area contributed by atoms with E-state index in [0.29, 0.717) is 6.42 Å². The van der Waals surface area contributed by atoms with Crippen LogP contribution < -0.4 is 5.32 Å². The average Bonchev–Trinajstić information content (AvgIpc) is 3.26. The number of allylic oxidation sites excluding steroid dienone is 1. The largest absolute Gasteiger partial charge is 0.394 e. The number of amides is 1. The third-order valence-electron chi connectivity index (χ3n) is 12.9. The van der Waals surface area contributed by atoms with E-state index in [-0.39, 0.29) is 12.5 Å². The standard InChI is InChI=1S/C52H101NO8/c1-3-5-7-9-11-13-15-17-19-20-21-22-23-24-25-26-28-30-32-34-36-38-40-42-48(56)53-45(44-60-52-51(59)50(58)49(57)47(43-54)61-52)46(55)41-39-37-35-33-31-29-27-18-16-14-12-10-8-6-4-2/h39,41,45-47,49-52,54-55,57-59H,3-38,40,42-44H2,1-2H3,(H,53,56)/b41-39+/t45-,46+,47+,49+,50?,51?,52+/m0/s1. The van der Waals surface area contributed by atoms with Crippen molar-refractivity contribution in [3.8, 4) is 0 Å². The smallest absolute Gasteiger partial charge is 0.220 e. The molecule has 0 spiro atoms. The molecular formula is C52H101NO8. The Morgan fingerprint density at radius 2 is 0.902 bits per heavy atom. The van der Waals surface area contributed by atoms with E-state index in [1.165, 1.54) is 199 Å². The van der Waals surface area contributed by atoms with Gasteiger partial charge in [0.25, 0.3) is 0 Å². The number of ether oxygens (including phenoxy) is 2. The minimum absolute atomic E-state index is 0.171. The number of aliphatic hydroxyl groups excluding tert-OH is 5. The highest BCUT2D eigenvalue weighted by Gasteiger charge is 2.44. The summed E-state index contributed by atoms with van der Waals surface area (Å²) in [7, 11) is 0. The van der Waals surface area contributed by atoms with Crippen molar-refractivity contribution >= 4 is 5.91 Å². The summed E-state index contributed by atoms with van der Waals surface area (Å²) in [6.07, 6.45) is 44.1. The van der Waals surface area contributed by atoms with Gasteiger partial charge in [0.15, 0.2) is 6.29 Å². The Kier molecular flexibility index (Phi) is 40.7. The first-order valence-corrected chi connectivity index (χ1v) is 26.4. The van der Waals surface area contributed by atoms with Gasteiger partial charge in [-0.05, 0) is 19.3 Å². The van der Waals surface area contributed by atoms with Gasteiger partial charge in [-0.2, -0.15) is 0 Å². The first-order chi connectivity index (χ1) is 29.8. The van der Waals surface area contributed by atoms with E-state index in [2.05, 4.69) is 19.2 Å². The van der Waals surface area contributed by atoms with Crippen molar-refractivity contribution in [1.82, 2.24) is 5.32 Å². The van der Waals surface area contributed by atoms with E-state index >= 15 is 0 Å². The Hall–Kier alpha value is -1.07. The van der Waals surface area contributed by atoms with E-state index in [1.807, 2.05) is 6.08 Å². The van der Waals surface area contributed by atoms with Crippen LogP contribution in [0.15, 0.2) is 12.2 Å².